The fraction of sp³-hybridized carbons (Fsp3) is 0.696. The second-order valence-electron chi connectivity index (χ2n) is 9.69. The molecular weight excluding hydrogens is 356 g/mol. The van der Waals surface area contributed by atoms with Crippen LogP contribution in [0.15, 0.2) is 23.3 Å². The van der Waals surface area contributed by atoms with Gasteiger partial charge in [-0.05, 0) is 62.9 Å². The predicted octanol–water partition coefficient (Wildman–Crippen LogP) is 2.27. The minimum atomic E-state index is -1.46. The van der Waals surface area contributed by atoms with Gasteiger partial charge in [-0.15, -0.1) is 0 Å². The highest BCUT2D eigenvalue weighted by Gasteiger charge is 2.64. The molecule has 2 fully saturated rings. The molecule has 2 saturated carbocycles. The van der Waals surface area contributed by atoms with Crippen molar-refractivity contribution in [2.24, 2.45) is 22.7 Å². The second-order valence-corrected chi connectivity index (χ2v) is 9.69. The fourth-order valence-corrected chi connectivity index (χ4v) is 6.75. The standard InChI is InChI=1S/C23H30O5/c1-21-10-7-15(24)13-14(21)3-4-16-17(21)8-11-22(2)18(16)9-12-23(22,28)19(25)5-6-20(26)27/h8,13,16,18,28H,3-7,9-12H2,1-2H3,(H,26,27)/p-1/t16-,18+,21+,22+,23+/m1/s1. The van der Waals surface area contributed by atoms with Gasteiger partial charge in [-0.1, -0.05) is 31.1 Å². The molecule has 0 unspecified atom stereocenters. The summed E-state index contributed by atoms with van der Waals surface area (Å²) in [5.74, 6) is -0.864. The third-order valence-corrected chi connectivity index (χ3v) is 8.51. The van der Waals surface area contributed by atoms with Crippen LogP contribution in [0.4, 0.5) is 0 Å². The summed E-state index contributed by atoms with van der Waals surface area (Å²) in [5, 5.41) is 22.2. The molecule has 0 aromatic rings. The molecule has 0 aliphatic heterocycles. The number of hydrogen-bond acceptors (Lipinski definition) is 5. The van der Waals surface area contributed by atoms with Gasteiger partial charge >= 0.3 is 0 Å². The van der Waals surface area contributed by atoms with E-state index >= 15 is 0 Å². The molecule has 5 heteroatoms. The first kappa shape index (κ1) is 19.6. The van der Waals surface area contributed by atoms with Gasteiger partial charge in [0.25, 0.3) is 0 Å². The van der Waals surface area contributed by atoms with E-state index in [0.29, 0.717) is 25.2 Å². The first-order valence-corrected chi connectivity index (χ1v) is 10.5. The lowest BCUT2D eigenvalue weighted by Crippen LogP contribution is -2.54. The summed E-state index contributed by atoms with van der Waals surface area (Å²) in [7, 11) is 0. The molecule has 0 saturated heterocycles. The van der Waals surface area contributed by atoms with Gasteiger partial charge in [0, 0.05) is 29.6 Å². The molecular formula is C23H29O5-. The monoisotopic (exact) mass is 385 g/mol. The highest BCUT2D eigenvalue weighted by molar-refractivity contribution is 5.92. The maximum Gasteiger partial charge on any atom is 0.165 e. The molecule has 0 radical (unpaired) electrons. The van der Waals surface area contributed by atoms with Crippen molar-refractivity contribution in [3.63, 3.8) is 0 Å². The third-order valence-electron chi connectivity index (χ3n) is 8.51. The van der Waals surface area contributed by atoms with Crippen molar-refractivity contribution >= 4 is 17.5 Å². The largest absolute Gasteiger partial charge is 0.550 e. The van der Waals surface area contributed by atoms with Crippen molar-refractivity contribution in [3.05, 3.63) is 23.3 Å². The minimum absolute atomic E-state index is 0.0716. The zero-order valence-corrected chi connectivity index (χ0v) is 16.8. The number of aliphatic hydroxyl groups is 1. The zero-order chi connectivity index (χ0) is 20.3. The van der Waals surface area contributed by atoms with Gasteiger partial charge in [0.1, 0.15) is 5.60 Å². The number of carboxylic acids is 1. The molecule has 28 heavy (non-hydrogen) atoms. The number of fused-ring (bicyclic) bond motifs is 5. The predicted molar refractivity (Wildman–Crippen MR) is 101 cm³/mol. The number of Topliss-reactive ketones (excluding diaryl/α,β-unsaturated/α-hetero) is 1. The third kappa shape index (κ3) is 2.58. The summed E-state index contributed by atoms with van der Waals surface area (Å²) < 4.78 is 0. The van der Waals surface area contributed by atoms with Gasteiger partial charge in [0.05, 0.1) is 0 Å². The van der Waals surface area contributed by atoms with Crippen LogP contribution in [0.3, 0.4) is 0 Å². The summed E-state index contributed by atoms with van der Waals surface area (Å²) in [6.45, 7) is 4.25. The Bertz CT molecular complexity index is 808. The summed E-state index contributed by atoms with van der Waals surface area (Å²) in [6.07, 6.45) is 8.63. The number of aliphatic carboxylic acids is 1. The van der Waals surface area contributed by atoms with Gasteiger partial charge in [0.15, 0.2) is 11.6 Å². The average molecular weight is 385 g/mol. The highest BCUT2D eigenvalue weighted by atomic mass is 16.4. The van der Waals surface area contributed by atoms with Gasteiger partial charge < -0.3 is 15.0 Å². The van der Waals surface area contributed by atoms with Gasteiger partial charge in [-0.2, -0.15) is 0 Å². The molecule has 4 aliphatic rings. The summed E-state index contributed by atoms with van der Waals surface area (Å²) in [6, 6.07) is 0. The second kappa shape index (κ2) is 6.38. The van der Waals surface area contributed by atoms with Crippen LogP contribution in [0, 0.1) is 22.7 Å². The van der Waals surface area contributed by atoms with Crippen LogP contribution in [-0.2, 0) is 14.4 Å². The van der Waals surface area contributed by atoms with Crippen LogP contribution in [0.25, 0.3) is 0 Å². The Labute approximate surface area is 165 Å². The van der Waals surface area contributed by atoms with Crippen LogP contribution in [0.5, 0.6) is 0 Å². The molecule has 1 N–H and O–H groups in total. The smallest absolute Gasteiger partial charge is 0.165 e. The number of ketones is 2. The van der Waals surface area contributed by atoms with E-state index in [4.69, 9.17) is 0 Å². The normalized spacial score (nSPS) is 42.0. The van der Waals surface area contributed by atoms with E-state index in [1.165, 1.54) is 11.1 Å². The molecule has 0 amide bonds. The summed E-state index contributed by atoms with van der Waals surface area (Å²) in [5.41, 5.74) is 0.540. The lowest BCUT2D eigenvalue weighted by atomic mass is 9.50. The maximum absolute atomic E-state index is 12.8. The Hall–Kier alpha value is -1.75. The topological polar surface area (TPSA) is 94.5 Å². The first-order valence-electron chi connectivity index (χ1n) is 10.5. The number of allylic oxidation sites excluding steroid dienone is 4. The highest BCUT2D eigenvalue weighted by Crippen LogP contribution is 2.65. The lowest BCUT2D eigenvalue weighted by Gasteiger charge is -2.54. The Morgan fingerprint density at radius 2 is 1.93 bits per heavy atom. The van der Waals surface area contributed by atoms with Gasteiger partial charge in [-0.25, -0.2) is 0 Å². The van der Waals surface area contributed by atoms with Crippen molar-refractivity contribution in [1.29, 1.82) is 0 Å². The molecule has 0 bridgehead atoms. The molecule has 5 atom stereocenters. The molecule has 0 heterocycles. The Morgan fingerprint density at radius 1 is 1.18 bits per heavy atom. The quantitative estimate of drug-likeness (QED) is 0.749. The molecule has 5 nitrogen and oxygen atoms in total. The molecule has 0 aromatic carbocycles. The minimum Gasteiger partial charge on any atom is -0.550 e. The van der Waals surface area contributed by atoms with Crippen molar-refractivity contribution < 1.29 is 24.6 Å². The van der Waals surface area contributed by atoms with Crippen molar-refractivity contribution in [1.82, 2.24) is 0 Å². The molecule has 0 spiro atoms. The Kier molecular flexibility index (Phi) is 4.46. The maximum atomic E-state index is 12.8. The zero-order valence-electron chi connectivity index (χ0n) is 16.8. The molecule has 0 aromatic heterocycles. The van der Waals surface area contributed by atoms with Gasteiger partial charge in [-0.3, -0.25) is 9.59 Å². The molecule has 4 aliphatic carbocycles. The van der Waals surface area contributed by atoms with Crippen LogP contribution in [0.1, 0.15) is 71.6 Å². The first-order chi connectivity index (χ1) is 13.1. The van der Waals surface area contributed by atoms with E-state index in [2.05, 4.69) is 13.0 Å². The van der Waals surface area contributed by atoms with E-state index in [1.54, 1.807) is 0 Å². The molecule has 4 rings (SSSR count). The SMILES string of the molecule is C[C@]12CCC(=O)C=C1CC[C@@H]1C2=CC[C@@]2(C)[C@H]1CC[C@]2(O)C(=O)CCC(=O)[O-]. The molecule has 152 valence electrons. The lowest BCUT2D eigenvalue weighted by molar-refractivity contribution is -0.305. The Balaban J connectivity index is 1.66. The number of hydrogen-bond donors (Lipinski definition) is 1. The number of carboxylic acid groups (broad SMARTS) is 1. The van der Waals surface area contributed by atoms with Crippen molar-refractivity contribution in [2.75, 3.05) is 0 Å². The van der Waals surface area contributed by atoms with Crippen molar-refractivity contribution in [2.45, 2.75) is 77.2 Å². The van der Waals surface area contributed by atoms with E-state index < -0.39 is 17.0 Å². The van der Waals surface area contributed by atoms with Crippen LogP contribution >= 0.6 is 0 Å². The number of rotatable bonds is 4. The number of carbonyl (C=O) groups is 3. The van der Waals surface area contributed by atoms with E-state index in [-0.39, 0.29) is 35.7 Å². The van der Waals surface area contributed by atoms with Crippen molar-refractivity contribution in [3.8, 4) is 0 Å². The van der Waals surface area contributed by atoms with E-state index in [1.807, 2.05) is 13.0 Å². The Morgan fingerprint density at radius 3 is 2.64 bits per heavy atom. The average Bonchev–Trinajstić information content (AvgIpc) is 2.92. The van der Waals surface area contributed by atoms with Crippen LogP contribution in [-0.4, -0.2) is 28.2 Å². The van der Waals surface area contributed by atoms with Crippen LogP contribution in [0.2, 0.25) is 0 Å². The number of carbonyl (C=O) groups excluding carboxylic acids is 3. The van der Waals surface area contributed by atoms with E-state index in [9.17, 15) is 24.6 Å². The summed E-state index contributed by atoms with van der Waals surface area (Å²) >= 11 is 0. The van der Waals surface area contributed by atoms with Gasteiger partial charge in [0.2, 0.25) is 0 Å². The van der Waals surface area contributed by atoms with E-state index in [0.717, 1.165) is 25.7 Å². The summed E-state index contributed by atoms with van der Waals surface area (Å²) in [4.78, 5) is 35.5. The van der Waals surface area contributed by atoms with Crippen LogP contribution < -0.4 is 5.11 Å². The fourth-order valence-electron chi connectivity index (χ4n) is 6.75.